The highest BCUT2D eigenvalue weighted by atomic mass is 15.2. The summed E-state index contributed by atoms with van der Waals surface area (Å²) in [6.07, 6.45) is 7.34. The van der Waals surface area contributed by atoms with Gasteiger partial charge >= 0.3 is 0 Å². The van der Waals surface area contributed by atoms with Crippen LogP contribution in [0.2, 0.25) is 0 Å². The van der Waals surface area contributed by atoms with Crippen molar-refractivity contribution in [1.82, 2.24) is 0 Å². The van der Waals surface area contributed by atoms with Crippen molar-refractivity contribution in [2.45, 2.75) is 64.8 Å². The van der Waals surface area contributed by atoms with Gasteiger partial charge in [-0.2, -0.15) is 0 Å². The Labute approximate surface area is 81.2 Å². The van der Waals surface area contributed by atoms with E-state index in [0.717, 1.165) is 6.42 Å². The zero-order valence-electron chi connectivity index (χ0n) is 9.08. The fourth-order valence-electron chi connectivity index (χ4n) is 1.33. The summed E-state index contributed by atoms with van der Waals surface area (Å²) in [5.74, 6) is 0. The molecule has 0 aromatic heterocycles. The van der Waals surface area contributed by atoms with Gasteiger partial charge in [-0.15, -0.1) is 0 Å². The van der Waals surface area contributed by atoms with Crippen molar-refractivity contribution in [2.24, 2.45) is 5.11 Å². The van der Waals surface area contributed by atoms with Gasteiger partial charge in [0.2, 0.25) is 0 Å². The zero-order valence-corrected chi connectivity index (χ0v) is 9.08. The van der Waals surface area contributed by atoms with Gasteiger partial charge < -0.3 is 0 Å². The van der Waals surface area contributed by atoms with Gasteiger partial charge in [-0.3, -0.25) is 0 Å². The molecule has 0 fully saturated rings. The van der Waals surface area contributed by atoms with Crippen molar-refractivity contribution in [3.05, 3.63) is 10.4 Å². The van der Waals surface area contributed by atoms with Crippen LogP contribution < -0.4 is 0 Å². The molecule has 0 bridgehead atoms. The minimum atomic E-state index is -0.193. The quantitative estimate of drug-likeness (QED) is 0.242. The van der Waals surface area contributed by atoms with E-state index in [9.17, 15) is 0 Å². The molecule has 0 N–H and O–H groups in total. The zero-order chi connectivity index (χ0) is 10.2. The molecule has 0 rings (SSSR count). The Bertz CT molecular complexity index is 169. The molecule has 13 heavy (non-hydrogen) atoms. The van der Waals surface area contributed by atoms with Crippen molar-refractivity contribution in [2.75, 3.05) is 0 Å². The number of rotatable bonds is 7. The van der Waals surface area contributed by atoms with E-state index < -0.39 is 0 Å². The molecule has 0 radical (unpaired) electrons. The molecule has 3 nitrogen and oxygen atoms in total. The van der Waals surface area contributed by atoms with Crippen LogP contribution in [0.4, 0.5) is 0 Å². The smallest absolute Gasteiger partial charge is 0.0432 e. The fourth-order valence-corrected chi connectivity index (χ4v) is 1.33. The van der Waals surface area contributed by atoms with Crippen LogP contribution in [0.1, 0.15) is 59.3 Å². The summed E-state index contributed by atoms with van der Waals surface area (Å²) in [5.41, 5.74) is 8.11. The summed E-state index contributed by atoms with van der Waals surface area (Å²) in [6, 6.07) is 0. The third-order valence-corrected chi connectivity index (χ3v) is 2.21. The number of azide groups is 1. The van der Waals surface area contributed by atoms with Gasteiger partial charge in [-0.05, 0) is 12.0 Å². The molecule has 0 aliphatic carbocycles. The Morgan fingerprint density at radius 1 is 1.15 bits per heavy atom. The molecular weight excluding hydrogens is 162 g/mol. The second-order valence-electron chi connectivity index (χ2n) is 4.17. The maximum atomic E-state index is 8.30. The van der Waals surface area contributed by atoms with Gasteiger partial charge in [0.15, 0.2) is 0 Å². The summed E-state index contributed by atoms with van der Waals surface area (Å²) in [7, 11) is 0. The van der Waals surface area contributed by atoms with Crippen molar-refractivity contribution in [1.29, 1.82) is 0 Å². The topological polar surface area (TPSA) is 48.8 Å². The summed E-state index contributed by atoms with van der Waals surface area (Å²) >= 11 is 0. The Balaban J connectivity index is 3.46. The van der Waals surface area contributed by atoms with Gasteiger partial charge in [0.1, 0.15) is 0 Å². The first kappa shape index (κ1) is 12.3. The molecule has 0 unspecified atom stereocenters. The molecule has 0 spiro atoms. The first-order valence-corrected chi connectivity index (χ1v) is 5.18. The van der Waals surface area contributed by atoms with E-state index in [0.29, 0.717) is 0 Å². The first-order valence-electron chi connectivity index (χ1n) is 5.18. The summed E-state index contributed by atoms with van der Waals surface area (Å²) in [4.78, 5) is 2.85. The van der Waals surface area contributed by atoms with Gasteiger partial charge in [-0.25, -0.2) is 0 Å². The number of nitrogens with zero attached hydrogens (tertiary/aromatic N) is 3. The van der Waals surface area contributed by atoms with Crippen LogP contribution in [0.15, 0.2) is 5.11 Å². The normalized spacial score (nSPS) is 11.0. The molecular formula is C10H21N3. The van der Waals surface area contributed by atoms with Crippen molar-refractivity contribution in [3.63, 3.8) is 0 Å². The molecule has 3 heteroatoms. The van der Waals surface area contributed by atoms with Crippen LogP contribution >= 0.6 is 0 Å². The minimum Gasteiger partial charge on any atom is -0.0878 e. The highest BCUT2D eigenvalue weighted by Crippen LogP contribution is 2.19. The third kappa shape index (κ3) is 7.66. The minimum absolute atomic E-state index is 0.193. The Morgan fingerprint density at radius 3 is 2.31 bits per heavy atom. The SMILES string of the molecule is CCCCCCCC(C)(C)N=[N+]=[N-]. The van der Waals surface area contributed by atoms with E-state index >= 15 is 0 Å². The summed E-state index contributed by atoms with van der Waals surface area (Å²) < 4.78 is 0. The lowest BCUT2D eigenvalue weighted by Crippen LogP contribution is -2.14. The fraction of sp³-hybridized carbons (Fsp3) is 1.00. The number of hydrogen-bond donors (Lipinski definition) is 0. The van der Waals surface area contributed by atoms with E-state index in [1.54, 1.807) is 0 Å². The van der Waals surface area contributed by atoms with Crippen molar-refractivity contribution in [3.8, 4) is 0 Å². The van der Waals surface area contributed by atoms with Crippen LogP contribution in [0.5, 0.6) is 0 Å². The Hall–Kier alpha value is -0.690. The van der Waals surface area contributed by atoms with Gasteiger partial charge in [0.25, 0.3) is 0 Å². The van der Waals surface area contributed by atoms with Gasteiger partial charge in [0.05, 0.1) is 0 Å². The van der Waals surface area contributed by atoms with Crippen LogP contribution in [-0.2, 0) is 0 Å². The lowest BCUT2D eigenvalue weighted by molar-refractivity contribution is 0.441. The van der Waals surface area contributed by atoms with Gasteiger partial charge in [0, 0.05) is 10.5 Å². The standard InChI is InChI=1S/C10H21N3/c1-4-5-6-7-8-9-10(2,3)12-13-11/h4-9H2,1-3H3. The Kier molecular flexibility index (Phi) is 6.43. The molecule has 76 valence electrons. The average Bonchev–Trinajstić information content (AvgIpc) is 2.04. The highest BCUT2D eigenvalue weighted by molar-refractivity contribution is 4.77. The maximum Gasteiger partial charge on any atom is 0.0432 e. The summed E-state index contributed by atoms with van der Waals surface area (Å²) in [5, 5.41) is 3.75. The van der Waals surface area contributed by atoms with Crippen molar-refractivity contribution < 1.29 is 0 Å². The van der Waals surface area contributed by atoms with E-state index in [-0.39, 0.29) is 5.54 Å². The summed E-state index contributed by atoms with van der Waals surface area (Å²) in [6.45, 7) is 6.20. The van der Waals surface area contributed by atoms with Crippen LogP contribution in [-0.4, -0.2) is 5.54 Å². The molecule has 0 aromatic rings. The van der Waals surface area contributed by atoms with Gasteiger partial charge in [-0.1, -0.05) is 58.0 Å². The van der Waals surface area contributed by atoms with E-state index in [4.69, 9.17) is 5.53 Å². The third-order valence-electron chi connectivity index (χ3n) is 2.21. The molecule has 0 amide bonds. The second kappa shape index (κ2) is 6.79. The van der Waals surface area contributed by atoms with E-state index in [1.807, 2.05) is 13.8 Å². The predicted molar refractivity (Wildman–Crippen MR) is 56.6 cm³/mol. The monoisotopic (exact) mass is 183 g/mol. The molecule has 0 aromatic carbocycles. The second-order valence-corrected chi connectivity index (χ2v) is 4.17. The van der Waals surface area contributed by atoms with Crippen LogP contribution in [0, 0.1) is 0 Å². The molecule has 0 saturated heterocycles. The first-order chi connectivity index (χ1) is 6.12. The largest absolute Gasteiger partial charge is 0.0878 e. The molecule has 0 heterocycles. The molecule has 0 saturated carbocycles. The number of unbranched alkanes of at least 4 members (excludes halogenated alkanes) is 4. The molecule has 0 atom stereocenters. The van der Waals surface area contributed by atoms with Crippen molar-refractivity contribution >= 4 is 0 Å². The maximum absolute atomic E-state index is 8.30. The van der Waals surface area contributed by atoms with E-state index in [2.05, 4.69) is 16.9 Å². The lowest BCUT2D eigenvalue weighted by Gasteiger charge is -2.16. The Morgan fingerprint density at radius 2 is 1.77 bits per heavy atom. The molecule has 0 aliphatic heterocycles. The predicted octanol–water partition coefficient (Wildman–Crippen LogP) is 4.44. The van der Waals surface area contributed by atoms with Crippen LogP contribution in [0.3, 0.4) is 0 Å². The lowest BCUT2D eigenvalue weighted by atomic mass is 9.97. The van der Waals surface area contributed by atoms with E-state index in [1.165, 1.54) is 32.1 Å². The average molecular weight is 183 g/mol. The molecule has 0 aliphatic rings. The number of hydrogen-bond acceptors (Lipinski definition) is 1. The highest BCUT2D eigenvalue weighted by Gasteiger charge is 2.13. The van der Waals surface area contributed by atoms with Crippen LogP contribution in [0.25, 0.3) is 10.4 Å².